The Balaban J connectivity index is 4.97. The Morgan fingerprint density at radius 2 is 0.783 bits per heavy atom. The number of rotatable bonds is 17. The van der Waals surface area contributed by atoms with Gasteiger partial charge in [-0.1, -0.05) is 89.0 Å². The number of hydrogen-bond donors (Lipinski definition) is 0. The molecule has 23 heavy (non-hydrogen) atoms. The molecule has 0 fully saturated rings. The zero-order chi connectivity index (χ0) is 17.3. The van der Waals surface area contributed by atoms with E-state index in [0.717, 1.165) is 5.40 Å². The van der Waals surface area contributed by atoms with Crippen molar-refractivity contribution >= 4 is 15.8 Å². The van der Waals surface area contributed by atoms with E-state index in [0.29, 0.717) is 15.8 Å². The van der Waals surface area contributed by atoms with Crippen LogP contribution in [0.3, 0.4) is 0 Å². The van der Waals surface area contributed by atoms with Gasteiger partial charge in [-0.3, -0.25) is 0 Å². The minimum atomic E-state index is 0.309. The van der Waals surface area contributed by atoms with E-state index >= 15 is 0 Å². The molecule has 0 rings (SSSR count). The average Bonchev–Trinajstić information content (AvgIpc) is 2.57. The van der Waals surface area contributed by atoms with Crippen molar-refractivity contribution in [3.05, 3.63) is 0 Å². The highest BCUT2D eigenvalue weighted by molar-refractivity contribution is 7.75. The van der Waals surface area contributed by atoms with Gasteiger partial charge in [0.2, 0.25) is 0 Å². The molecule has 0 aliphatic heterocycles. The molecule has 0 saturated carbocycles. The molecule has 0 aromatic carbocycles. The normalized spacial score (nSPS) is 12.0. The molecule has 0 saturated heterocycles. The van der Waals surface area contributed by atoms with Crippen molar-refractivity contribution in [1.82, 2.24) is 0 Å². The van der Waals surface area contributed by atoms with Crippen LogP contribution in [0.4, 0.5) is 0 Å². The molecule has 0 unspecified atom stereocenters. The fourth-order valence-corrected chi connectivity index (χ4v) is 12.1. The van der Waals surface area contributed by atoms with Crippen LogP contribution in [-0.2, 0) is 0 Å². The Morgan fingerprint density at radius 1 is 0.478 bits per heavy atom. The van der Waals surface area contributed by atoms with Crippen molar-refractivity contribution in [1.29, 1.82) is 0 Å². The van der Waals surface area contributed by atoms with Crippen LogP contribution in [0.2, 0.25) is 0 Å². The van der Waals surface area contributed by atoms with E-state index in [1.165, 1.54) is 64.2 Å². The summed E-state index contributed by atoms with van der Waals surface area (Å²) in [6, 6.07) is 0. The van der Waals surface area contributed by atoms with E-state index in [2.05, 4.69) is 34.6 Å². The molecule has 140 valence electrons. The monoisotopic (exact) mass is 360 g/mol. The first kappa shape index (κ1) is 23.9. The highest BCUT2D eigenvalue weighted by Crippen LogP contribution is 2.61. The molecular formula is C21H46P2. The van der Waals surface area contributed by atoms with Gasteiger partial charge in [-0.25, -0.2) is 0 Å². The third-order valence-electron chi connectivity index (χ3n) is 4.85. The van der Waals surface area contributed by atoms with Gasteiger partial charge in [0.05, 0.1) is 0 Å². The third-order valence-corrected chi connectivity index (χ3v) is 12.6. The Kier molecular flexibility index (Phi) is 18.3. The van der Waals surface area contributed by atoms with Crippen molar-refractivity contribution in [3.8, 4) is 0 Å². The Morgan fingerprint density at radius 3 is 1.04 bits per heavy atom. The van der Waals surface area contributed by atoms with Crippen molar-refractivity contribution in [3.63, 3.8) is 0 Å². The lowest BCUT2D eigenvalue weighted by atomic mass is 10.3. The summed E-state index contributed by atoms with van der Waals surface area (Å²) in [5.41, 5.74) is 0. The molecule has 0 aliphatic carbocycles. The number of hydrogen-bond acceptors (Lipinski definition) is 0. The third kappa shape index (κ3) is 11.9. The van der Waals surface area contributed by atoms with Gasteiger partial charge in [0.25, 0.3) is 0 Å². The molecule has 0 nitrogen and oxygen atoms in total. The lowest BCUT2D eigenvalue weighted by Gasteiger charge is -2.36. The average molecular weight is 361 g/mol. The minimum absolute atomic E-state index is 0.309. The van der Waals surface area contributed by atoms with Crippen molar-refractivity contribution in [2.45, 2.75) is 111 Å². The first-order valence-electron chi connectivity index (χ1n) is 10.7. The summed E-state index contributed by atoms with van der Waals surface area (Å²) in [4.78, 5) is 0. The summed E-state index contributed by atoms with van der Waals surface area (Å²) in [7, 11) is 0.618. The van der Waals surface area contributed by atoms with Crippen LogP contribution < -0.4 is 0 Å². The van der Waals surface area contributed by atoms with E-state index in [9.17, 15) is 0 Å². The summed E-state index contributed by atoms with van der Waals surface area (Å²) in [6.45, 7) is 11.9. The van der Waals surface area contributed by atoms with Crippen LogP contribution in [0.25, 0.3) is 0 Å². The molecule has 0 aliphatic rings. The first-order valence-corrected chi connectivity index (χ1v) is 14.3. The van der Waals surface area contributed by atoms with Crippen LogP contribution in [0.1, 0.15) is 105 Å². The van der Waals surface area contributed by atoms with E-state index in [-0.39, 0.29) is 0 Å². The molecule has 0 radical (unpaired) electrons. The van der Waals surface area contributed by atoms with E-state index in [4.69, 9.17) is 0 Å². The van der Waals surface area contributed by atoms with Crippen molar-refractivity contribution in [2.75, 3.05) is 24.6 Å². The first-order chi connectivity index (χ1) is 11.2. The number of unbranched alkanes of at least 4 members (excludes halogenated alkanes) is 5. The van der Waals surface area contributed by atoms with Crippen molar-refractivity contribution in [2.24, 2.45) is 0 Å². The Hall–Kier alpha value is 0.860. The van der Waals surface area contributed by atoms with Gasteiger partial charge >= 0.3 is 0 Å². The lowest BCUT2D eigenvalue weighted by molar-refractivity contribution is 0.745. The maximum atomic E-state index is 2.39. The van der Waals surface area contributed by atoms with Crippen molar-refractivity contribution < 1.29 is 0 Å². The minimum Gasteiger partial charge on any atom is -0.0991 e. The molecule has 0 amide bonds. The molecule has 0 aromatic heterocycles. The predicted octanol–water partition coefficient (Wildman–Crippen LogP) is 8.67. The van der Waals surface area contributed by atoms with Gasteiger partial charge in [0.15, 0.2) is 0 Å². The van der Waals surface area contributed by atoms with Crippen LogP contribution >= 0.6 is 15.8 Å². The topological polar surface area (TPSA) is 0 Å². The van der Waals surface area contributed by atoms with Crippen LogP contribution in [0.5, 0.6) is 0 Å². The van der Waals surface area contributed by atoms with Crippen LogP contribution in [0, 0.1) is 0 Å². The molecule has 0 spiro atoms. The van der Waals surface area contributed by atoms with E-state index in [1.54, 1.807) is 31.1 Å². The maximum Gasteiger partial charge on any atom is -0.000583 e. The molecule has 0 aromatic rings. The summed E-state index contributed by atoms with van der Waals surface area (Å²) in [6.07, 6.45) is 22.3. The summed E-state index contributed by atoms with van der Waals surface area (Å²) >= 11 is 0. The van der Waals surface area contributed by atoms with Gasteiger partial charge < -0.3 is 0 Å². The lowest BCUT2D eigenvalue weighted by Crippen LogP contribution is -2.13. The smallest absolute Gasteiger partial charge is 0.000583 e. The van der Waals surface area contributed by atoms with Crippen LogP contribution in [0.15, 0.2) is 0 Å². The quantitative estimate of drug-likeness (QED) is 0.228. The Bertz CT molecular complexity index is 194. The summed E-state index contributed by atoms with van der Waals surface area (Å²) in [5, 5.41) is 1.15. The molecule has 0 atom stereocenters. The standard InChI is InChI=1S/C21H46P2/c1-6-11-16-21(22(17-12-7-2)18-13-8-3)23(19-14-9-4)20-15-10-5/h21H,6-20H2,1-5H3. The van der Waals surface area contributed by atoms with Gasteiger partial charge in [-0.2, -0.15) is 0 Å². The molecule has 0 heterocycles. The van der Waals surface area contributed by atoms with E-state index in [1.807, 2.05) is 0 Å². The van der Waals surface area contributed by atoms with Gasteiger partial charge in [-0.15, -0.1) is 0 Å². The van der Waals surface area contributed by atoms with Crippen LogP contribution in [-0.4, -0.2) is 30.0 Å². The molecule has 2 heteroatoms. The highest BCUT2D eigenvalue weighted by atomic mass is 31.2. The second-order valence-electron chi connectivity index (χ2n) is 7.11. The summed E-state index contributed by atoms with van der Waals surface area (Å²) in [5.74, 6) is 0. The zero-order valence-corrected chi connectivity index (χ0v) is 18.9. The fourth-order valence-electron chi connectivity index (χ4n) is 3.25. The molecule has 0 bridgehead atoms. The van der Waals surface area contributed by atoms with E-state index < -0.39 is 0 Å². The highest BCUT2D eigenvalue weighted by Gasteiger charge is 2.27. The second-order valence-corrected chi connectivity index (χ2v) is 12.9. The second kappa shape index (κ2) is 17.7. The molecular weight excluding hydrogens is 314 g/mol. The van der Waals surface area contributed by atoms with Gasteiger partial charge in [0, 0.05) is 0 Å². The Labute approximate surface area is 151 Å². The van der Waals surface area contributed by atoms with Gasteiger partial charge in [0.1, 0.15) is 0 Å². The molecule has 0 N–H and O–H groups in total. The SMILES string of the molecule is CCCCC(P(CCCC)CCCC)P(CCCC)CCCC. The summed E-state index contributed by atoms with van der Waals surface area (Å²) < 4.78 is 0. The largest absolute Gasteiger partial charge is 0.0991 e. The van der Waals surface area contributed by atoms with Gasteiger partial charge in [-0.05, 0) is 62.2 Å². The maximum absolute atomic E-state index is 2.39. The fraction of sp³-hybridized carbons (Fsp3) is 1.00. The zero-order valence-electron chi connectivity index (χ0n) is 17.1. The predicted molar refractivity (Wildman–Crippen MR) is 116 cm³/mol.